The smallest absolute Gasteiger partial charge is 0.221 e. The fraction of sp³-hybridized carbons (Fsp3) is 0.211. The van der Waals surface area contributed by atoms with E-state index in [9.17, 15) is 9.59 Å². The average molecular weight is 381 g/mol. The van der Waals surface area contributed by atoms with E-state index in [0.717, 1.165) is 5.56 Å². The van der Waals surface area contributed by atoms with Gasteiger partial charge in [0.25, 0.3) is 0 Å². The van der Waals surface area contributed by atoms with Crippen LogP contribution in [0.1, 0.15) is 24.2 Å². The van der Waals surface area contributed by atoms with E-state index in [2.05, 4.69) is 20.5 Å². The molecule has 0 saturated heterocycles. The van der Waals surface area contributed by atoms with Gasteiger partial charge >= 0.3 is 0 Å². The van der Waals surface area contributed by atoms with Crippen molar-refractivity contribution in [2.75, 3.05) is 5.32 Å². The Bertz CT molecular complexity index is 954. The number of amides is 1. The summed E-state index contributed by atoms with van der Waals surface area (Å²) >= 11 is 1.35. The quantitative estimate of drug-likeness (QED) is 0.521. The number of carbonyl (C=O) groups excluding carboxylic acids is 2. The Morgan fingerprint density at radius 3 is 2.52 bits per heavy atom. The molecule has 1 amide bonds. The molecule has 0 saturated carbocycles. The third kappa shape index (κ3) is 4.40. The molecule has 27 heavy (non-hydrogen) atoms. The summed E-state index contributed by atoms with van der Waals surface area (Å²) in [5.41, 5.74) is 2.11. The predicted octanol–water partition coefficient (Wildman–Crippen LogP) is 3.20. The van der Waals surface area contributed by atoms with Crippen LogP contribution in [0.3, 0.4) is 0 Å². The summed E-state index contributed by atoms with van der Waals surface area (Å²) in [7, 11) is 1.87. The summed E-state index contributed by atoms with van der Waals surface area (Å²) in [4.78, 5) is 27.9. The van der Waals surface area contributed by atoms with Crippen LogP contribution in [-0.2, 0) is 11.8 Å². The number of nitrogens with zero attached hydrogens (tertiary/aromatic N) is 4. The second-order valence-electron chi connectivity index (χ2n) is 5.99. The van der Waals surface area contributed by atoms with Crippen molar-refractivity contribution >= 4 is 29.1 Å². The van der Waals surface area contributed by atoms with Crippen molar-refractivity contribution in [2.45, 2.75) is 24.3 Å². The normalized spacial score (nSPS) is 11.8. The van der Waals surface area contributed by atoms with Crippen molar-refractivity contribution < 1.29 is 9.59 Å². The van der Waals surface area contributed by atoms with Crippen LogP contribution in [-0.4, -0.2) is 36.7 Å². The molecule has 1 aromatic carbocycles. The van der Waals surface area contributed by atoms with Crippen LogP contribution in [0.2, 0.25) is 0 Å². The number of thioether (sulfide) groups is 1. The molecule has 2 aromatic heterocycles. The van der Waals surface area contributed by atoms with Gasteiger partial charge in [0.05, 0.1) is 5.25 Å². The first kappa shape index (κ1) is 18.8. The van der Waals surface area contributed by atoms with E-state index in [1.807, 2.05) is 30.7 Å². The van der Waals surface area contributed by atoms with Crippen LogP contribution >= 0.6 is 11.8 Å². The lowest BCUT2D eigenvalue weighted by Gasteiger charge is -2.11. The number of ketones is 1. The molecule has 3 rings (SSSR count). The monoisotopic (exact) mass is 381 g/mol. The average Bonchev–Trinajstić information content (AvgIpc) is 3.02. The molecule has 1 unspecified atom stereocenters. The third-order valence-electron chi connectivity index (χ3n) is 3.90. The Labute approximate surface area is 161 Å². The zero-order chi connectivity index (χ0) is 19.4. The lowest BCUT2D eigenvalue weighted by atomic mass is 10.1. The second kappa shape index (κ2) is 8.13. The van der Waals surface area contributed by atoms with E-state index >= 15 is 0 Å². The highest BCUT2D eigenvalue weighted by Crippen LogP contribution is 2.27. The Morgan fingerprint density at radius 2 is 1.89 bits per heavy atom. The fourth-order valence-corrected chi connectivity index (χ4v) is 3.42. The van der Waals surface area contributed by atoms with Gasteiger partial charge in [-0.25, -0.2) is 0 Å². The van der Waals surface area contributed by atoms with Gasteiger partial charge in [-0.15, -0.1) is 10.2 Å². The van der Waals surface area contributed by atoms with E-state index < -0.39 is 0 Å². The standard InChI is InChI=1S/C19H19N5O2S/c1-12(17(26)14-6-8-16(9-7-14)21-13(2)25)27-19-23-22-18(24(19)3)15-5-4-10-20-11-15/h4-12H,1-3H3,(H,21,25). The predicted molar refractivity (Wildman–Crippen MR) is 105 cm³/mol. The van der Waals surface area contributed by atoms with Gasteiger partial charge in [0, 0.05) is 43.2 Å². The Kier molecular flexibility index (Phi) is 5.66. The first-order valence-corrected chi connectivity index (χ1v) is 9.22. The molecule has 0 aliphatic carbocycles. The minimum atomic E-state index is -0.332. The van der Waals surface area contributed by atoms with Crippen LogP contribution in [0.5, 0.6) is 0 Å². The van der Waals surface area contributed by atoms with Crippen LogP contribution in [0.15, 0.2) is 53.9 Å². The van der Waals surface area contributed by atoms with Crippen molar-refractivity contribution in [2.24, 2.45) is 7.05 Å². The van der Waals surface area contributed by atoms with Gasteiger partial charge < -0.3 is 9.88 Å². The van der Waals surface area contributed by atoms with Gasteiger partial charge in [0.2, 0.25) is 5.91 Å². The summed E-state index contributed by atoms with van der Waals surface area (Å²) in [6.07, 6.45) is 3.43. The zero-order valence-electron chi connectivity index (χ0n) is 15.2. The number of hydrogen-bond donors (Lipinski definition) is 1. The highest BCUT2D eigenvalue weighted by Gasteiger charge is 2.20. The first-order chi connectivity index (χ1) is 13.0. The molecule has 1 N–H and O–H groups in total. The Hall–Kier alpha value is -3.00. The summed E-state index contributed by atoms with van der Waals surface area (Å²) in [5.74, 6) is 0.537. The lowest BCUT2D eigenvalue weighted by molar-refractivity contribution is -0.114. The van der Waals surface area contributed by atoms with Gasteiger partial charge in [-0.2, -0.15) is 0 Å². The van der Waals surface area contributed by atoms with E-state index in [0.29, 0.717) is 22.2 Å². The van der Waals surface area contributed by atoms with Crippen LogP contribution < -0.4 is 5.32 Å². The second-order valence-corrected chi connectivity index (χ2v) is 7.30. The summed E-state index contributed by atoms with van der Waals surface area (Å²) < 4.78 is 1.85. The zero-order valence-corrected chi connectivity index (χ0v) is 16.0. The summed E-state index contributed by atoms with van der Waals surface area (Å²) in [6.45, 7) is 3.28. The number of nitrogens with one attached hydrogen (secondary N) is 1. The van der Waals surface area contributed by atoms with Crippen molar-refractivity contribution in [3.05, 3.63) is 54.4 Å². The summed E-state index contributed by atoms with van der Waals surface area (Å²) in [6, 6.07) is 10.6. The minimum absolute atomic E-state index is 0.0136. The molecule has 0 fully saturated rings. The van der Waals surface area contributed by atoms with Crippen molar-refractivity contribution in [3.63, 3.8) is 0 Å². The van der Waals surface area contributed by atoms with Gasteiger partial charge in [-0.05, 0) is 43.3 Å². The molecule has 0 radical (unpaired) electrons. The van der Waals surface area contributed by atoms with E-state index in [1.54, 1.807) is 36.7 Å². The van der Waals surface area contributed by atoms with Crippen LogP contribution in [0.25, 0.3) is 11.4 Å². The number of hydrogen-bond acceptors (Lipinski definition) is 6. The minimum Gasteiger partial charge on any atom is -0.326 e. The van der Waals surface area contributed by atoms with Crippen molar-refractivity contribution in [3.8, 4) is 11.4 Å². The maximum Gasteiger partial charge on any atom is 0.221 e. The number of benzene rings is 1. The number of rotatable bonds is 6. The highest BCUT2D eigenvalue weighted by molar-refractivity contribution is 8.00. The number of anilines is 1. The maximum absolute atomic E-state index is 12.7. The van der Waals surface area contributed by atoms with E-state index in [4.69, 9.17) is 0 Å². The molecule has 138 valence electrons. The molecule has 0 spiro atoms. The number of carbonyl (C=O) groups is 2. The van der Waals surface area contributed by atoms with Crippen molar-refractivity contribution in [1.29, 1.82) is 0 Å². The molecule has 8 heteroatoms. The number of pyridine rings is 1. The molecule has 7 nitrogen and oxygen atoms in total. The van der Waals surface area contributed by atoms with Gasteiger partial charge in [0.1, 0.15) is 0 Å². The van der Waals surface area contributed by atoms with E-state index in [-0.39, 0.29) is 16.9 Å². The molecule has 2 heterocycles. The van der Waals surface area contributed by atoms with Crippen molar-refractivity contribution in [1.82, 2.24) is 19.7 Å². The van der Waals surface area contributed by atoms with Gasteiger partial charge in [-0.1, -0.05) is 11.8 Å². The Morgan fingerprint density at radius 1 is 1.15 bits per heavy atom. The SMILES string of the molecule is CC(=O)Nc1ccc(C(=O)C(C)Sc2nnc(-c3cccnc3)n2C)cc1. The molecule has 3 aromatic rings. The summed E-state index contributed by atoms with van der Waals surface area (Å²) in [5, 5.41) is 11.4. The topological polar surface area (TPSA) is 89.8 Å². The Balaban J connectivity index is 1.72. The largest absolute Gasteiger partial charge is 0.326 e. The molecule has 1 atom stereocenters. The molecule has 0 bridgehead atoms. The molecule has 0 aliphatic rings. The first-order valence-electron chi connectivity index (χ1n) is 8.34. The highest BCUT2D eigenvalue weighted by atomic mass is 32.2. The van der Waals surface area contributed by atoms with Crippen LogP contribution in [0, 0.1) is 0 Å². The molecule has 0 aliphatic heterocycles. The number of Topliss-reactive ketones (excluding diaryl/α,β-unsaturated/α-hetero) is 1. The molecular weight excluding hydrogens is 362 g/mol. The third-order valence-corrected chi connectivity index (χ3v) is 5.03. The maximum atomic E-state index is 12.7. The van der Waals surface area contributed by atoms with E-state index in [1.165, 1.54) is 18.7 Å². The fourth-order valence-electron chi connectivity index (χ4n) is 2.53. The number of aromatic nitrogens is 4. The molecular formula is C19H19N5O2S. The lowest BCUT2D eigenvalue weighted by Crippen LogP contribution is -2.14. The van der Waals surface area contributed by atoms with Gasteiger partial charge in [0.15, 0.2) is 16.8 Å². The van der Waals surface area contributed by atoms with Gasteiger partial charge in [-0.3, -0.25) is 14.6 Å². The van der Waals surface area contributed by atoms with Crippen LogP contribution in [0.4, 0.5) is 5.69 Å².